The summed E-state index contributed by atoms with van der Waals surface area (Å²) >= 11 is 6.16. The van der Waals surface area contributed by atoms with Crippen molar-refractivity contribution in [2.75, 3.05) is 45.4 Å². The lowest BCUT2D eigenvalue weighted by Crippen LogP contribution is -2.30. The summed E-state index contributed by atoms with van der Waals surface area (Å²) in [5, 5.41) is 4.15. The van der Waals surface area contributed by atoms with Crippen LogP contribution in [0.25, 0.3) is 0 Å². The van der Waals surface area contributed by atoms with Crippen LogP contribution in [-0.2, 0) is 16.0 Å². The summed E-state index contributed by atoms with van der Waals surface area (Å²) in [6.07, 6.45) is 2.65. The number of methoxy groups -OCH3 is 1. The van der Waals surface area contributed by atoms with Gasteiger partial charge in [-0.15, -0.1) is 0 Å². The van der Waals surface area contributed by atoms with E-state index in [4.69, 9.17) is 21.1 Å². The predicted molar refractivity (Wildman–Crippen MR) is 87.3 cm³/mol. The minimum atomic E-state index is 0.336. The number of anilines is 1. The van der Waals surface area contributed by atoms with Crippen molar-refractivity contribution >= 4 is 17.3 Å². The first kappa shape index (κ1) is 16.6. The van der Waals surface area contributed by atoms with E-state index in [-0.39, 0.29) is 0 Å². The molecule has 1 aromatic rings. The fraction of sp³-hybridized carbons (Fsp3) is 0.625. The van der Waals surface area contributed by atoms with Gasteiger partial charge in [-0.3, -0.25) is 0 Å². The molecule has 0 aliphatic carbocycles. The van der Waals surface area contributed by atoms with Crippen molar-refractivity contribution in [1.29, 1.82) is 0 Å². The predicted octanol–water partition coefficient (Wildman–Crippen LogP) is 2.69. The maximum Gasteiger partial charge on any atom is 0.0750 e. The molecule has 1 atom stereocenters. The van der Waals surface area contributed by atoms with Gasteiger partial charge in [-0.05, 0) is 30.5 Å². The Labute approximate surface area is 132 Å². The van der Waals surface area contributed by atoms with Gasteiger partial charge in [-0.2, -0.15) is 0 Å². The van der Waals surface area contributed by atoms with Crippen molar-refractivity contribution < 1.29 is 9.47 Å². The normalized spacial score (nSPS) is 18.1. The molecule has 2 rings (SSSR count). The van der Waals surface area contributed by atoms with Crippen LogP contribution < -0.4 is 10.2 Å². The molecule has 0 aromatic heterocycles. The molecular weight excluding hydrogens is 288 g/mol. The second-order valence-corrected chi connectivity index (χ2v) is 5.89. The molecule has 1 unspecified atom stereocenters. The van der Waals surface area contributed by atoms with Crippen molar-refractivity contribution in [3.63, 3.8) is 0 Å². The average Bonchev–Trinajstić information content (AvgIpc) is 2.97. The van der Waals surface area contributed by atoms with Crippen molar-refractivity contribution in [2.24, 2.45) is 0 Å². The molecule has 1 aliphatic heterocycles. The number of rotatable bonds is 8. The highest BCUT2D eigenvalue weighted by Gasteiger charge is 2.19. The van der Waals surface area contributed by atoms with E-state index in [1.54, 1.807) is 7.11 Å². The molecule has 0 radical (unpaired) electrons. The highest BCUT2D eigenvalue weighted by atomic mass is 35.5. The van der Waals surface area contributed by atoms with Gasteiger partial charge in [0.15, 0.2) is 0 Å². The molecule has 118 valence electrons. The minimum absolute atomic E-state index is 0.336. The molecule has 0 spiro atoms. The molecule has 1 saturated heterocycles. The summed E-state index contributed by atoms with van der Waals surface area (Å²) < 4.78 is 10.8. The zero-order valence-corrected chi connectivity index (χ0v) is 13.7. The van der Waals surface area contributed by atoms with Crippen molar-refractivity contribution in [2.45, 2.75) is 25.5 Å². The summed E-state index contributed by atoms with van der Waals surface area (Å²) in [7, 11) is 3.82. The monoisotopic (exact) mass is 312 g/mol. The maximum absolute atomic E-state index is 6.16. The lowest BCUT2D eigenvalue weighted by atomic mass is 10.1. The summed E-state index contributed by atoms with van der Waals surface area (Å²) in [4.78, 5) is 2.25. The number of nitrogens with zero attached hydrogens (tertiary/aromatic N) is 1. The Balaban J connectivity index is 1.99. The molecule has 4 nitrogen and oxygen atoms in total. The van der Waals surface area contributed by atoms with Gasteiger partial charge in [0.2, 0.25) is 0 Å². The highest BCUT2D eigenvalue weighted by Crippen LogP contribution is 2.25. The van der Waals surface area contributed by atoms with Crippen molar-refractivity contribution in [3.05, 3.63) is 28.8 Å². The molecule has 1 heterocycles. The largest absolute Gasteiger partial charge is 0.383 e. The number of benzene rings is 1. The van der Waals surface area contributed by atoms with Crippen molar-refractivity contribution in [1.82, 2.24) is 5.32 Å². The first-order valence-electron chi connectivity index (χ1n) is 7.51. The van der Waals surface area contributed by atoms with Gasteiger partial charge in [-0.1, -0.05) is 17.7 Å². The van der Waals surface area contributed by atoms with Crippen LogP contribution in [-0.4, -0.2) is 46.6 Å². The van der Waals surface area contributed by atoms with Crippen LogP contribution in [0.3, 0.4) is 0 Å². The quantitative estimate of drug-likeness (QED) is 0.748. The Morgan fingerprint density at radius 1 is 1.48 bits per heavy atom. The van der Waals surface area contributed by atoms with Gasteiger partial charge in [0.1, 0.15) is 0 Å². The molecule has 1 aliphatic rings. The Morgan fingerprint density at radius 3 is 3.05 bits per heavy atom. The molecule has 1 aromatic carbocycles. The third-order valence-electron chi connectivity index (χ3n) is 3.76. The zero-order chi connectivity index (χ0) is 15.1. The van der Waals surface area contributed by atoms with E-state index in [0.717, 1.165) is 37.7 Å². The van der Waals surface area contributed by atoms with E-state index < -0.39 is 0 Å². The average molecular weight is 313 g/mol. The number of hydrogen-bond donors (Lipinski definition) is 1. The fourth-order valence-corrected chi connectivity index (χ4v) is 2.80. The van der Waals surface area contributed by atoms with Crippen molar-refractivity contribution in [3.8, 4) is 0 Å². The van der Waals surface area contributed by atoms with Crippen LogP contribution in [0.5, 0.6) is 0 Å². The van der Waals surface area contributed by atoms with Gasteiger partial charge >= 0.3 is 0 Å². The number of nitrogens with one attached hydrogen (secondary N) is 1. The molecular formula is C16H25ClN2O2. The molecule has 21 heavy (non-hydrogen) atoms. The van der Waals surface area contributed by atoms with Gasteiger partial charge in [0.05, 0.1) is 12.7 Å². The van der Waals surface area contributed by atoms with Gasteiger partial charge in [0, 0.05) is 51.1 Å². The molecule has 0 saturated carbocycles. The molecule has 0 amide bonds. The van der Waals surface area contributed by atoms with Gasteiger partial charge in [-0.25, -0.2) is 0 Å². The Bertz CT molecular complexity index is 436. The topological polar surface area (TPSA) is 33.7 Å². The van der Waals surface area contributed by atoms with Gasteiger partial charge < -0.3 is 19.7 Å². The summed E-state index contributed by atoms with van der Waals surface area (Å²) in [6, 6.07) is 6.06. The SMILES string of the molecule is COCCNCc1ccc(Cl)cc1N(C)CC1CCCO1. The molecule has 1 N–H and O–H groups in total. The second kappa shape index (κ2) is 8.59. The Kier molecular flexibility index (Phi) is 6.77. The molecule has 1 fully saturated rings. The van der Waals surface area contributed by atoms with Crippen LogP contribution in [0.1, 0.15) is 18.4 Å². The highest BCUT2D eigenvalue weighted by molar-refractivity contribution is 6.30. The maximum atomic E-state index is 6.16. The molecule has 0 bridgehead atoms. The van der Waals surface area contributed by atoms with Crippen LogP contribution >= 0.6 is 11.6 Å². The number of ether oxygens (including phenoxy) is 2. The second-order valence-electron chi connectivity index (χ2n) is 5.46. The third-order valence-corrected chi connectivity index (χ3v) is 3.99. The minimum Gasteiger partial charge on any atom is -0.383 e. The third kappa shape index (κ3) is 5.15. The lowest BCUT2D eigenvalue weighted by molar-refractivity contribution is 0.116. The summed E-state index contributed by atoms with van der Waals surface area (Å²) in [5.41, 5.74) is 2.42. The standard InChI is InChI=1S/C16H25ClN2O2/c1-19(12-15-4-3-8-21-15)16-10-14(17)6-5-13(16)11-18-7-9-20-2/h5-6,10,15,18H,3-4,7-9,11-12H2,1-2H3. The van der Waals surface area contributed by atoms with E-state index in [0.29, 0.717) is 12.7 Å². The van der Waals surface area contributed by atoms with Gasteiger partial charge in [0.25, 0.3) is 0 Å². The van der Waals surface area contributed by atoms with E-state index in [1.807, 2.05) is 12.1 Å². The molecule has 5 heteroatoms. The van der Waals surface area contributed by atoms with E-state index in [9.17, 15) is 0 Å². The van der Waals surface area contributed by atoms with E-state index in [2.05, 4.69) is 23.3 Å². The van der Waals surface area contributed by atoms with Crippen LogP contribution in [0.2, 0.25) is 5.02 Å². The zero-order valence-electron chi connectivity index (χ0n) is 12.9. The first-order chi connectivity index (χ1) is 10.2. The number of likely N-dealkylation sites (N-methyl/N-ethyl adjacent to an activating group) is 1. The summed E-state index contributed by atoms with van der Waals surface area (Å²) in [6.45, 7) is 4.17. The Morgan fingerprint density at radius 2 is 2.33 bits per heavy atom. The number of hydrogen-bond acceptors (Lipinski definition) is 4. The number of halogens is 1. The lowest BCUT2D eigenvalue weighted by Gasteiger charge is -2.25. The van der Waals surface area contributed by atoms with Crippen LogP contribution in [0, 0.1) is 0 Å². The van der Waals surface area contributed by atoms with E-state index >= 15 is 0 Å². The first-order valence-corrected chi connectivity index (χ1v) is 7.89. The summed E-state index contributed by atoms with van der Waals surface area (Å²) in [5.74, 6) is 0. The fourth-order valence-electron chi connectivity index (χ4n) is 2.63. The van der Waals surface area contributed by atoms with Crippen LogP contribution in [0.15, 0.2) is 18.2 Å². The van der Waals surface area contributed by atoms with Crippen LogP contribution in [0.4, 0.5) is 5.69 Å². The Hall–Kier alpha value is -0.810. The smallest absolute Gasteiger partial charge is 0.0750 e. The van der Waals surface area contributed by atoms with E-state index in [1.165, 1.54) is 17.7 Å².